The van der Waals surface area contributed by atoms with Crippen LogP contribution in [0.25, 0.3) is 0 Å². The molecule has 106 valence electrons. The Kier molecular flexibility index (Phi) is 4.08. The van der Waals surface area contributed by atoms with Crippen molar-refractivity contribution in [3.05, 3.63) is 71.8 Å². The molecule has 1 aliphatic carbocycles. The lowest BCUT2D eigenvalue weighted by Gasteiger charge is -2.36. The van der Waals surface area contributed by atoms with Gasteiger partial charge in [-0.2, -0.15) is 0 Å². The van der Waals surface area contributed by atoms with Gasteiger partial charge in [0.05, 0.1) is 0 Å². The van der Waals surface area contributed by atoms with Crippen molar-refractivity contribution < 1.29 is 5.11 Å². The van der Waals surface area contributed by atoms with Gasteiger partial charge in [0.25, 0.3) is 0 Å². The van der Waals surface area contributed by atoms with Crippen molar-refractivity contribution in [3.8, 4) is 11.8 Å². The standard InChI is InChI=1S/C20H20O/c21-20(16-14-17-9-3-1-4-10-17)15-8-7-13-19(20)18-11-5-2-6-12-18/h1-6,9-12,19,21H,7-8,13,15H2/t19-,20+/m1/s1. The molecule has 2 atom stereocenters. The highest BCUT2D eigenvalue weighted by Gasteiger charge is 2.38. The van der Waals surface area contributed by atoms with Crippen LogP contribution in [0.3, 0.4) is 0 Å². The van der Waals surface area contributed by atoms with Crippen molar-refractivity contribution in [2.45, 2.75) is 37.2 Å². The SMILES string of the molecule is O[C@]1(C#Cc2ccccc2)CCCC[C@@H]1c1ccccc1. The highest BCUT2D eigenvalue weighted by molar-refractivity contribution is 5.38. The average molecular weight is 276 g/mol. The van der Waals surface area contributed by atoms with Gasteiger partial charge in [0.1, 0.15) is 5.60 Å². The smallest absolute Gasteiger partial charge is 0.132 e. The molecule has 1 aliphatic rings. The topological polar surface area (TPSA) is 20.2 Å². The van der Waals surface area contributed by atoms with Crippen LogP contribution in [0.15, 0.2) is 60.7 Å². The molecule has 3 rings (SSSR count). The Bertz CT molecular complexity index is 636. The summed E-state index contributed by atoms with van der Waals surface area (Å²) < 4.78 is 0. The molecule has 0 radical (unpaired) electrons. The molecule has 1 fully saturated rings. The minimum Gasteiger partial charge on any atom is -0.377 e. The molecule has 0 saturated heterocycles. The lowest BCUT2D eigenvalue weighted by Crippen LogP contribution is -2.37. The number of hydrogen-bond donors (Lipinski definition) is 1. The maximum Gasteiger partial charge on any atom is 0.132 e. The molecule has 21 heavy (non-hydrogen) atoms. The normalized spacial score (nSPS) is 24.9. The summed E-state index contributed by atoms with van der Waals surface area (Å²) in [6.45, 7) is 0. The predicted octanol–water partition coefficient (Wildman–Crippen LogP) is 4.13. The molecule has 0 aromatic heterocycles. The average Bonchev–Trinajstić information content (AvgIpc) is 2.55. The third kappa shape index (κ3) is 3.17. The van der Waals surface area contributed by atoms with Crippen molar-refractivity contribution in [2.75, 3.05) is 0 Å². The molecule has 2 aromatic carbocycles. The minimum absolute atomic E-state index is 0.115. The van der Waals surface area contributed by atoms with Gasteiger partial charge < -0.3 is 5.11 Å². The van der Waals surface area contributed by atoms with Gasteiger partial charge in [-0.1, -0.05) is 66.8 Å². The van der Waals surface area contributed by atoms with Crippen molar-refractivity contribution in [1.82, 2.24) is 0 Å². The molecule has 0 heterocycles. The van der Waals surface area contributed by atoms with Crippen LogP contribution in [-0.2, 0) is 0 Å². The number of benzene rings is 2. The predicted molar refractivity (Wildman–Crippen MR) is 85.9 cm³/mol. The van der Waals surface area contributed by atoms with E-state index in [1.54, 1.807) is 0 Å². The van der Waals surface area contributed by atoms with E-state index >= 15 is 0 Å². The van der Waals surface area contributed by atoms with Crippen LogP contribution in [0.5, 0.6) is 0 Å². The molecular weight excluding hydrogens is 256 g/mol. The van der Waals surface area contributed by atoms with Gasteiger partial charge in [-0.25, -0.2) is 0 Å². The van der Waals surface area contributed by atoms with Crippen molar-refractivity contribution in [3.63, 3.8) is 0 Å². The third-order valence-corrected chi connectivity index (χ3v) is 4.28. The van der Waals surface area contributed by atoms with Gasteiger partial charge in [0, 0.05) is 11.5 Å². The maximum absolute atomic E-state index is 11.1. The summed E-state index contributed by atoms with van der Waals surface area (Å²) in [6.07, 6.45) is 3.97. The number of aliphatic hydroxyl groups is 1. The molecule has 0 aliphatic heterocycles. The van der Waals surface area contributed by atoms with Crippen molar-refractivity contribution >= 4 is 0 Å². The summed E-state index contributed by atoms with van der Waals surface area (Å²) in [5.74, 6) is 6.44. The molecule has 0 bridgehead atoms. The largest absolute Gasteiger partial charge is 0.377 e. The molecule has 0 amide bonds. The molecule has 1 heteroatoms. The van der Waals surface area contributed by atoms with Gasteiger partial charge in [-0.3, -0.25) is 0 Å². The van der Waals surface area contributed by atoms with E-state index in [1.807, 2.05) is 48.5 Å². The Morgan fingerprint density at radius 3 is 2.29 bits per heavy atom. The Balaban J connectivity index is 1.91. The van der Waals surface area contributed by atoms with E-state index in [0.29, 0.717) is 0 Å². The van der Waals surface area contributed by atoms with Gasteiger partial charge in [0.2, 0.25) is 0 Å². The molecule has 1 saturated carbocycles. The fraction of sp³-hybridized carbons (Fsp3) is 0.300. The Hall–Kier alpha value is -2.04. The Morgan fingerprint density at radius 1 is 0.905 bits per heavy atom. The van der Waals surface area contributed by atoms with Crippen LogP contribution in [-0.4, -0.2) is 10.7 Å². The van der Waals surface area contributed by atoms with E-state index in [0.717, 1.165) is 31.2 Å². The van der Waals surface area contributed by atoms with E-state index in [4.69, 9.17) is 0 Å². The second-order valence-electron chi connectivity index (χ2n) is 5.75. The summed E-state index contributed by atoms with van der Waals surface area (Å²) in [5.41, 5.74) is 1.25. The van der Waals surface area contributed by atoms with Crippen LogP contribution in [0.1, 0.15) is 42.7 Å². The van der Waals surface area contributed by atoms with Gasteiger partial charge >= 0.3 is 0 Å². The lowest BCUT2D eigenvalue weighted by molar-refractivity contribution is 0.0382. The molecular formula is C20H20O. The van der Waals surface area contributed by atoms with Crippen molar-refractivity contribution in [1.29, 1.82) is 0 Å². The molecule has 1 N–H and O–H groups in total. The van der Waals surface area contributed by atoms with Crippen LogP contribution >= 0.6 is 0 Å². The van der Waals surface area contributed by atoms with Gasteiger partial charge in [-0.05, 0) is 37.0 Å². The van der Waals surface area contributed by atoms with E-state index in [1.165, 1.54) is 5.56 Å². The second kappa shape index (κ2) is 6.16. The fourth-order valence-electron chi connectivity index (χ4n) is 3.14. The quantitative estimate of drug-likeness (QED) is 0.777. The maximum atomic E-state index is 11.1. The molecule has 0 spiro atoms. The molecule has 1 nitrogen and oxygen atoms in total. The highest BCUT2D eigenvalue weighted by Crippen LogP contribution is 2.40. The highest BCUT2D eigenvalue weighted by atomic mass is 16.3. The summed E-state index contributed by atoms with van der Waals surface area (Å²) >= 11 is 0. The van der Waals surface area contributed by atoms with E-state index in [9.17, 15) is 5.11 Å². The number of rotatable bonds is 1. The Labute approximate surface area is 126 Å². The number of hydrogen-bond acceptors (Lipinski definition) is 1. The summed E-state index contributed by atoms with van der Waals surface area (Å²) in [7, 11) is 0. The fourth-order valence-corrected chi connectivity index (χ4v) is 3.14. The summed E-state index contributed by atoms with van der Waals surface area (Å²) in [6, 6.07) is 20.2. The molecule has 2 aromatic rings. The van der Waals surface area contributed by atoms with Crippen LogP contribution < -0.4 is 0 Å². The van der Waals surface area contributed by atoms with E-state index < -0.39 is 5.60 Å². The lowest BCUT2D eigenvalue weighted by atomic mass is 9.72. The van der Waals surface area contributed by atoms with Crippen molar-refractivity contribution in [2.24, 2.45) is 0 Å². The van der Waals surface area contributed by atoms with Crippen LogP contribution in [0, 0.1) is 11.8 Å². The first kappa shape index (κ1) is 13.9. The Morgan fingerprint density at radius 2 is 1.57 bits per heavy atom. The van der Waals surface area contributed by atoms with E-state index in [-0.39, 0.29) is 5.92 Å². The summed E-state index contributed by atoms with van der Waals surface area (Å²) in [5, 5.41) is 11.1. The minimum atomic E-state index is -0.907. The third-order valence-electron chi connectivity index (χ3n) is 4.28. The van der Waals surface area contributed by atoms with E-state index in [2.05, 4.69) is 24.0 Å². The van der Waals surface area contributed by atoms with Gasteiger partial charge in [0.15, 0.2) is 0 Å². The zero-order chi connectivity index (χ0) is 14.5. The first-order valence-corrected chi connectivity index (χ1v) is 7.63. The monoisotopic (exact) mass is 276 g/mol. The second-order valence-corrected chi connectivity index (χ2v) is 5.75. The molecule has 0 unspecified atom stereocenters. The zero-order valence-corrected chi connectivity index (χ0v) is 12.1. The first-order chi connectivity index (χ1) is 10.3. The zero-order valence-electron chi connectivity index (χ0n) is 12.1. The van der Waals surface area contributed by atoms with Gasteiger partial charge in [-0.15, -0.1) is 0 Å². The summed E-state index contributed by atoms with van der Waals surface area (Å²) in [4.78, 5) is 0. The van der Waals surface area contributed by atoms with Crippen LogP contribution in [0.2, 0.25) is 0 Å². The van der Waals surface area contributed by atoms with Crippen LogP contribution in [0.4, 0.5) is 0 Å². The first-order valence-electron chi connectivity index (χ1n) is 7.63.